The van der Waals surface area contributed by atoms with Crippen LogP contribution in [0.25, 0.3) is 0 Å². The molecule has 0 aromatic carbocycles. The van der Waals surface area contributed by atoms with E-state index in [1.807, 2.05) is 4.68 Å². The van der Waals surface area contributed by atoms with E-state index in [1.54, 1.807) is 14.2 Å². The van der Waals surface area contributed by atoms with Gasteiger partial charge < -0.3 is 15.2 Å². The van der Waals surface area contributed by atoms with Crippen LogP contribution in [0.3, 0.4) is 0 Å². The van der Waals surface area contributed by atoms with Crippen LogP contribution in [0.2, 0.25) is 0 Å². The third-order valence-electron chi connectivity index (χ3n) is 2.58. The lowest BCUT2D eigenvalue weighted by Gasteiger charge is -2.07. The number of aromatic nitrogens is 3. The molecule has 0 saturated heterocycles. The Morgan fingerprint density at radius 2 is 2.00 bits per heavy atom. The van der Waals surface area contributed by atoms with E-state index < -0.39 is 0 Å². The highest BCUT2D eigenvalue weighted by Gasteiger charge is 2.14. The van der Waals surface area contributed by atoms with Gasteiger partial charge in [0.1, 0.15) is 10.7 Å². The maximum atomic E-state index is 5.63. The second-order valence-electron chi connectivity index (χ2n) is 3.91. The Kier molecular flexibility index (Phi) is 6.77. The minimum absolute atomic E-state index is 0.282. The molecule has 1 aromatic heterocycles. The molecule has 0 amide bonds. The third-order valence-corrected chi connectivity index (χ3v) is 2.78. The van der Waals surface area contributed by atoms with E-state index in [4.69, 9.17) is 27.4 Å². The highest BCUT2D eigenvalue weighted by atomic mass is 32.1. The van der Waals surface area contributed by atoms with Gasteiger partial charge in [0.2, 0.25) is 0 Å². The molecule has 1 aromatic rings. The number of unbranched alkanes of at least 4 members (excludes halogenated alkanes) is 1. The van der Waals surface area contributed by atoms with Gasteiger partial charge in [0.15, 0.2) is 0 Å². The molecule has 0 aliphatic carbocycles. The van der Waals surface area contributed by atoms with Gasteiger partial charge in [-0.3, -0.25) is 0 Å². The van der Waals surface area contributed by atoms with E-state index >= 15 is 0 Å². The molecular formula is C11H20N4O2S. The fourth-order valence-electron chi connectivity index (χ4n) is 1.66. The first kappa shape index (κ1) is 15.0. The highest BCUT2D eigenvalue weighted by Crippen LogP contribution is 2.08. The first-order valence-electron chi connectivity index (χ1n) is 5.90. The van der Waals surface area contributed by atoms with Gasteiger partial charge in [0.05, 0.1) is 12.3 Å². The molecule has 0 fully saturated rings. The number of hydrogen-bond acceptors (Lipinski definition) is 5. The van der Waals surface area contributed by atoms with Crippen LogP contribution < -0.4 is 5.73 Å². The zero-order chi connectivity index (χ0) is 13.4. The number of hydrogen-bond donors (Lipinski definition) is 1. The van der Waals surface area contributed by atoms with E-state index in [-0.39, 0.29) is 4.99 Å². The van der Waals surface area contributed by atoms with E-state index in [9.17, 15) is 0 Å². The Bertz CT molecular complexity index is 381. The molecule has 0 unspecified atom stereocenters. The summed E-state index contributed by atoms with van der Waals surface area (Å²) in [5, 5.41) is 8.12. The predicted molar refractivity (Wildman–Crippen MR) is 72.6 cm³/mol. The zero-order valence-corrected chi connectivity index (χ0v) is 11.7. The lowest BCUT2D eigenvalue weighted by Crippen LogP contribution is -2.15. The number of thiocarbonyl (C=S) groups is 1. The first-order chi connectivity index (χ1) is 8.70. The van der Waals surface area contributed by atoms with Crippen molar-refractivity contribution in [2.45, 2.75) is 25.8 Å². The summed E-state index contributed by atoms with van der Waals surface area (Å²) in [6.07, 6.45) is 2.68. The molecule has 0 radical (unpaired) electrons. The Balaban J connectivity index is 2.67. The van der Waals surface area contributed by atoms with Crippen LogP contribution in [0.5, 0.6) is 0 Å². The molecule has 0 aliphatic heterocycles. The molecule has 7 heteroatoms. The minimum Gasteiger partial charge on any atom is -0.388 e. The van der Waals surface area contributed by atoms with E-state index in [1.165, 1.54) is 0 Å². The van der Waals surface area contributed by atoms with Gasteiger partial charge in [-0.2, -0.15) is 0 Å². The highest BCUT2D eigenvalue weighted by molar-refractivity contribution is 7.80. The number of rotatable bonds is 9. The fraction of sp³-hybridized carbons (Fsp3) is 0.727. The van der Waals surface area contributed by atoms with Crippen molar-refractivity contribution in [3.8, 4) is 0 Å². The monoisotopic (exact) mass is 272 g/mol. The lowest BCUT2D eigenvalue weighted by atomic mass is 10.2. The molecule has 2 N–H and O–H groups in total. The van der Waals surface area contributed by atoms with E-state index in [2.05, 4.69) is 10.3 Å². The third kappa shape index (κ3) is 4.32. The number of methoxy groups -OCH3 is 2. The normalized spacial score (nSPS) is 10.8. The average molecular weight is 272 g/mol. The molecule has 0 bridgehead atoms. The quantitative estimate of drug-likeness (QED) is 0.522. The Hall–Kier alpha value is -1.05. The molecule has 0 spiro atoms. The molecule has 0 atom stereocenters. The number of ether oxygens (including phenoxy) is 2. The summed E-state index contributed by atoms with van der Waals surface area (Å²) in [5.41, 5.74) is 7.18. The van der Waals surface area contributed by atoms with Gasteiger partial charge in [-0.1, -0.05) is 17.4 Å². The van der Waals surface area contributed by atoms with Crippen LogP contribution in [0.1, 0.15) is 24.2 Å². The number of nitrogens with zero attached hydrogens (tertiary/aromatic N) is 3. The van der Waals surface area contributed by atoms with Gasteiger partial charge in [0.25, 0.3) is 0 Å². The van der Waals surface area contributed by atoms with Crippen molar-refractivity contribution in [2.24, 2.45) is 5.73 Å². The van der Waals surface area contributed by atoms with Crippen LogP contribution >= 0.6 is 12.2 Å². The van der Waals surface area contributed by atoms with E-state index in [0.29, 0.717) is 18.7 Å². The number of aryl methyl sites for hydroxylation is 1. The van der Waals surface area contributed by atoms with Gasteiger partial charge in [-0.25, -0.2) is 4.68 Å². The van der Waals surface area contributed by atoms with Crippen molar-refractivity contribution in [1.29, 1.82) is 0 Å². The van der Waals surface area contributed by atoms with Gasteiger partial charge >= 0.3 is 0 Å². The van der Waals surface area contributed by atoms with Gasteiger partial charge in [0, 0.05) is 33.8 Å². The summed E-state index contributed by atoms with van der Waals surface area (Å²) in [4.78, 5) is 0.282. The van der Waals surface area contributed by atoms with Crippen molar-refractivity contribution < 1.29 is 9.47 Å². The molecule has 1 rings (SSSR count). The SMILES string of the molecule is COCCCCn1nnc(C(N)=S)c1CCOC. The Labute approximate surface area is 112 Å². The van der Waals surface area contributed by atoms with Crippen LogP contribution in [0.15, 0.2) is 0 Å². The van der Waals surface area contributed by atoms with Crippen molar-refractivity contribution in [2.75, 3.05) is 27.4 Å². The largest absolute Gasteiger partial charge is 0.388 e. The summed E-state index contributed by atoms with van der Waals surface area (Å²) >= 11 is 4.97. The molecule has 18 heavy (non-hydrogen) atoms. The summed E-state index contributed by atoms with van der Waals surface area (Å²) in [6.45, 7) is 2.14. The fourth-order valence-corrected chi connectivity index (χ4v) is 1.82. The van der Waals surface area contributed by atoms with Crippen LogP contribution in [0.4, 0.5) is 0 Å². The summed E-state index contributed by atoms with van der Waals surface area (Å²) in [5.74, 6) is 0. The van der Waals surface area contributed by atoms with Crippen LogP contribution in [-0.2, 0) is 22.4 Å². The first-order valence-corrected chi connectivity index (χ1v) is 6.31. The average Bonchev–Trinajstić information content (AvgIpc) is 2.75. The summed E-state index contributed by atoms with van der Waals surface area (Å²) in [7, 11) is 3.36. The van der Waals surface area contributed by atoms with Gasteiger partial charge in [-0.05, 0) is 12.8 Å². The van der Waals surface area contributed by atoms with Crippen LogP contribution in [-0.4, -0.2) is 47.4 Å². The van der Waals surface area contributed by atoms with Crippen molar-refractivity contribution in [3.63, 3.8) is 0 Å². The van der Waals surface area contributed by atoms with Gasteiger partial charge in [-0.15, -0.1) is 5.10 Å². The molecule has 0 aliphatic rings. The second-order valence-corrected chi connectivity index (χ2v) is 4.35. The predicted octanol–water partition coefficient (Wildman–Crippen LogP) is 0.528. The van der Waals surface area contributed by atoms with Crippen molar-refractivity contribution >= 4 is 17.2 Å². The molecule has 1 heterocycles. The Morgan fingerprint density at radius 3 is 2.61 bits per heavy atom. The molecular weight excluding hydrogens is 252 g/mol. The molecule has 0 saturated carbocycles. The van der Waals surface area contributed by atoms with E-state index in [0.717, 1.165) is 31.7 Å². The Morgan fingerprint density at radius 1 is 1.28 bits per heavy atom. The van der Waals surface area contributed by atoms with Crippen molar-refractivity contribution in [3.05, 3.63) is 11.4 Å². The maximum absolute atomic E-state index is 5.63. The smallest absolute Gasteiger partial charge is 0.143 e. The summed E-state index contributed by atoms with van der Waals surface area (Å²) < 4.78 is 11.9. The maximum Gasteiger partial charge on any atom is 0.143 e. The molecule has 102 valence electrons. The zero-order valence-electron chi connectivity index (χ0n) is 10.9. The summed E-state index contributed by atoms with van der Waals surface area (Å²) in [6, 6.07) is 0. The lowest BCUT2D eigenvalue weighted by molar-refractivity contribution is 0.189. The molecule has 6 nitrogen and oxygen atoms in total. The topological polar surface area (TPSA) is 75.2 Å². The number of nitrogens with two attached hydrogens (primary N) is 1. The second kappa shape index (κ2) is 8.12. The van der Waals surface area contributed by atoms with Crippen molar-refractivity contribution in [1.82, 2.24) is 15.0 Å². The standard InChI is InChI=1S/C11H20N4O2S/c1-16-7-4-3-6-15-9(5-8-17-2)10(11(12)18)13-14-15/h3-8H2,1-2H3,(H2,12,18). The van der Waals surface area contributed by atoms with Crippen LogP contribution in [0, 0.1) is 0 Å². The minimum atomic E-state index is 0.282.